The van der Waals surface area contributed by atoms with Gasteiger partial charge in [-0.3, -0.25) is 0 Å². The van der Waals surface area contributed by atoms with Gasteiger partial charge in [0.05, 0.1) is 0 Å². The van der Waals surface area contributed by atoms with E-state index in [2.05, 4.69) is 107 Å². The van der Waals surface area contributed by atoms with E-state index in [1.165, 1.54) is 104 Å². The Balaban J connectivity index is 1.16. The summed E-state index contributed by atoms with van der Waals surface area (Å²) in [4.78, 5) is 5.15. The summed E-state index contributed by atoms with van der Waals surface area (Å²) in [5, 5.41) is 27.5. The number of hydrogen-bond donors (Lipinski definition) is 1. The quantitative estimate of drug-likeness (QED) is 0.204. The minimum absolute atomic E-state index is 0.739. The van der Waals surface area contributed by atoms with Crippen molar-refractivity contribution in [3.63, 3.8) is 0 Å². The summed E-state index contributed by atoms with van der Waals surface area (Å²) in [5.74, 6) is 0. The van der Waals surface area contributed by atoms with Crippen molar-refractivity contribution in [2.24, 2.45) is 0 Å². The molecule has 2 heterocycles. The first kappa shape index (κ1) is 26.6. The standard InChI is InChI=1S/C43H38N2O/c46-43(33-17-9-27-11-19-35-37(44-23-3-1-4-24-44)21-13-29-7-15-31(33)39(27)41(29)35)34-18-10-28-12-20-36-38(45-25-5-2-6-26-45)22-14-30-8-16-32(34)40(28)42(30)36/h7-22,43,46H,1-6,23-26H2. The molecule has 1 N–H and O–H groups in total. The lowest BCUT2D eigenvalue weighted by Crippen LogP contribution is -2.29. The molecule has 0 saturated carbocycles. The molecule has 8 aromatic rings. The molecule has 0 aliphatic carbocycles. The van der Waals surface area contributed by atoms with Crippen molar-refractivity contribution < 1.29 is 5.11 Å². The molecular formula is C43H38N2O. The van der Waals surface area contributed by atoms with Crippen LogP contribution in [0.2, 0.25) is 0 Å². The molecule has 2 saturated heterocycles. The normalized spacial score (nSPS) is 16.5. The van der Waals surface area contributed by atoms with Crippen LogP contribution in [0.15, 0.2) is 97.1 Å². The molecule has 3 heteroatoms. The molecule has 0 spiro atoms. The molecule has 2 fully saturated rings. The average molecular weight is 599 g/mol. The summed E-state index contributed by atoms with van der Waals surface area (Å²) in [5.41, 5.74) is 4.66. The largest absolute Gasteiger partial charge is 0.384 e. The summed E-state index contributed by atoms with van der Waals surface area (Å²) >= 11 is 0. The van der Waals surface area contributed by atoms with Crippen molar-refractivity contribution in [3.8, 4) is 0 Å². The van der Waals surface area contributed by atoms with Crippen LogP contribution in [0.3, 0.4) is 0 Å². The number of aliphatic hydroxyl groups is 1. The highest BCUT2D eigenvalue weighted by atomic mass is 16.3. The van der Waals surface area contributed by atoms with Crippen LogP contribution in [-0.2, 0) is 0 Å². The topological polar surface area (TPSA) is 26.7 Å². The highest BCUT2D eigenvalue weighted by Crippen LogP contribution is 2.45. The lowest BCUT2D eigenvalue weighted by Gasteiger charge is -2.30. The third kappa shape index (κ3) is 3.82. The van der Waals surface area contributed by atoms with E-state index in [1.54, 1.807) is 0 Å². The number of aliphatic hydroxyl groups excluding tert-OH is 1. The van der Waals surface area contributed by atoms with Gasteiger partial charge in [-0.2, -0.15) is 0 Å². The Hall–Kier alpha value is -4.60. The van der Waals surface area contributed by atoms with E-state index in [9.17, 15) is 5.11 Å². The first-order valence-corrected chi connectivity index (χ1v) is 17.3. The van der Waals surface area contributed by atoms with Crippen LogP contribution in [0.4, 0.5) is 11.4 Å². The molecule has 8 aromatic carbocycles. The monoisotopic (exact) mass is 598 g/mol. The molecule has 46 heavy (non-hydrogen) atoms. The molecule has 2 aliphatic rings. The van der Waals surface area contributed by atoms with Crippen LogP contribution < -0.4 is 9.80 Å². The third-order valence-corrected chi connectivity index (χ3v) is 11.3. The lowest BCUT2D eigenvalue weighted by molar-refractivity contribution is 0.223. The first-order valence-electron chi connectivity index (χ1n) is 17.3. The van der Waals surface area contributed by atoms with Crippen molar-refractivity contribution in [1.29, 1.82) is 0 Å². The van der Waals surface area contributed by atoms with Crippen molar-refractivity contribution in [3.05, 3.63) is 108 Å². The lowest BCUT2D eigenvalue weighted by atomic mass is 9.85. The average Bonchev–Trinajstić information content (AvgIpc) is 3.13. The third-order valence-electron chi connectivity index (χ3n) is 11.3. The number of rotatable bonds is 4. The van der Waals surface area contributed by atoms with Gasteiger partial charge in [-0.25, -0.2) is 0 Å². The van der Waals surface area contributed by atoms with Crippen molar-refractivity contribution in [1.82, 2.24) is 0 Å². The van der Waals surface area contributed by atoms with Gasteiger partial charge >= 0.3 is 0 Å². The molecule has 3 nitrogen and oxygen atoms in total. The second kappa shape index (κ2) is 10.2. The highest BCUT2D eigenvalue weighted by molar-refractivity contribution is 6.27. The van der Waals surface area contributed by atoms with Crippen molar-refractivity contribution in [2.45, 2.75) is 44.6 Å². The Morgan fingerprint density at radius 2 is 0.696 bits per heavy atom. The maximum atomic E-state index is 12.4. The van der Waals surface area contributed by atoms with Gasteiger partial charge in [-0.15, -0.1) is 0 Å². The molecule has 0 bridgehead atoms. The zero-order valence-corrected chi connectivity index (χ0v) is 26.2. The predicted octanol–water partition coefficient (Wildman–Crippen LogP) is 10.5. The van der Waals surface area contributed by atoms with Gasteiger partial charge in [0.25, 0.3) is 0 Å². The van der Waals surface area contributed by atoms with Gasteiger partial charge in [0.1, 0.15) is 6.10 Å². The molecular weight excluding hydrogens is 560 g/mol. The van der Waals surface area contributed by atoms with Crippen LogP contribution in [0.5, 0.6) is 0 Å². The summed E-state index contributed by atoms with van der Waals surface area (Å²) in [6.45, 7) is 4.51. The van der Waals surface area contributed by atoms with Gasteiger partial charge in [0, 0.05) is 48.3 Å². The Labute approximate surface area is 269 Å². The van der Waals surface area contributed by atoms with Crippen LogP contribution >= 0.6 is 0 Å². The fourth-order valence-electron chi connectivity index (χ4n) is 9.08. The molecule has 0 aromatic heterocycles. The number of piperidine rings is 2. The molecule has 2 aliphatic heterocycles. The summed E-state index contributed by atoms with van der Waals surface area (Å²) in [7, 11) is 0. The Morgan fingerprint density at radius 3 is 1.11 bits per heavy atom. The zero-order chi connectivity index (χ0) is 30.4. The molecule has 0 amide bonds. The van der Waals surface area contributed by atoms with E-state index in [-0.39, 0.29) is 0 Å². The Morgan fingerprint density at radius 1 is 0.370 bits per heavy atom. The van der Waals surface area contributed by atoms with Gasteiger partial charge in [0.15, 0.2) is 0 Å². The maximum Gasteiger partial charge on any atom is 0.105 e. The predicted molar refractivity (Wildman–Crippen MR) is 196 cm³/mol. The number of anilines is 2. The second-order valence-electron chi connectivity index (χ2n) is 13.8. The molecule has 0 atom stereocenters. The van der Waals surface area contributed by atoms with Crippen molar-refractivity contribution >= 4 is 76.0 Å². The highest BCUT2D eigenvalue weighted by Gasteiger charge is 2.23. The maximum absolute atomic E-state index is 12.4. The van der Waals surface area contributed by atoms with E-state index < -0.39 is 6.10 Å². The minimum Gasteiger partial charge on any atom is -0.384 e. The SMILES string of the molecule is OC(c1ccc2ccc3c(N4CCCCC4)ccc4ccc1c2c43)c1ccc2ccc3c(N4CCCCC4)ccc4ccc1c2c43. The van der Waals surface area contributed by atoms with Crippen LogP contribution in [0.25, 0.3) is 64.6 Å². The fraction of sp³-hybridized carbons (Fsp3) is 0.256. The van der Waals surface area contributed by atoms with Crippen LogP contribution in [0.1, 0.15) is 55.8 Å². The number of benzene rings is 8. The van der Waals surface area contributed by atoms with Gasteiger partial charge < -0.3 is 14.9 Å². The van der Waals surface area contributed by atoms with Crippen molar-refractivity contribution in [2.75, 3.05) is 36.0 Å². The van der Waals surface area contributed by atoms with E-state index in [1.807, 2.05) is 0 Å². The van der Waals surface area contributed by atoms with E-state index in [0.29, 0.717) is 0 Å². The van der Waals surface area contributed by atoms with E-state index in [4.69, 9.17) is 0 Å². The zero-order valence-electron chi connectivity index (χ0n) is 26.2. The minimum atomic E-state index is -0.739. The number of nitrogens with zero attached hydrogens (tertiary/aromatic N) is 2. The fourth-order valence-corrected chi connectivity index (χ4v) is 9.08. The molecule has 0 unspecified atom stereocenters. The van der Waals surface area contributed by atoms with Gasteiger partial charge in [0.2, 0.25) is 0 Å². The first-order chi connectivity index (χ1) is 22.7. The number of hydrogen-bond acceptors (Lipinski definition) is 3. The molecule has 226 valence electrons. The summed E-state index contributed by atoms with van der Waals surface area (Å²) in [6, 6.07) is 36.2. The summed E-state index contributed by atoms with van der Waals surface area (Å²) in [6.07, 6.45) is 6.96. The molecule has 0 radical (unpaired) electrons. The van der Waals surface area contributed by atoms with E-state index >= 15 is 0 Å². The molecule has 10 rings (SSSR count). The summed E-state index contributed by atoms with van der Waals surface area (Å²) < 4.78 is 0. The Bertz CT molecular complexity index is 2240. The van der Waals surface area contributed by atoms with Crippen LogP contribution in [-0.4, -0.2) is 31.3 Å². The van der Waals surface area contributed by atoms with Gasteiger partial charge in [-0.05, 0) is 116 Å². The van der Waals surface area contributed by atoms with Gasteiger partial charge in [-0.1, -0.05) is 84.9 Å². The van der Waals surface area contributed by atoms with Crippen LogP contribution in [0, 0.1) is 0 Å². The van der Waals surface area contributed by atoms with E-state index in [0.717, 1.165) is 48.1 Å². The second-order valence-corrected chi connectivity index (χ2v) is 13.8. The Kier molecular flexibility index (Phi) is 5.90. The smallest absolute Gasteiger partial charge is 0.105 e.